The van der Waals surface area contributed by atoms with Gasteiger partial charge in [-0.2, -0.15) is 14.2 Å². The highest BCUT2D eigenvalue weighted by atomic mass is 32.2. The molecule has 1 aromatic heterocycles. The fraction of sp³-hybridized carbons (Fsp3) is 0. The summed E-state index contributed by atoms with van der Waals surface area (Å²) in [6.07, 6.45) is 0. The Balaban J connectivity index is 2.84. The molecular formula is C4H8N6O3S. The van der Waals surface area contributed by atoms with Crippen molar-refractivity contribution >= 4 is 34.6 Å². The third-order valence-corrected chi connectivity index (χ3v) is 1.43. The molecule has 10 heteroatoms. The number of nitrogens with two attached hydrogens (primary N) is 3. The van der Waals surface area contributed by atoms with E-state index in [1.165, 1.54) is 0 Å². The molecule has 9 nitrogen and oxygen atoms in total. The fourth-order valence-corrected chi connectivity index (χ4v) is 0.769. The molecule has 0 amide bonds. The van der Waals surface area contributed by atoms with E-state index in [1.54, 1.807) is 0 Å². The van der Waals surface area contributed by atoms with Gasteiger partial charge in [-0.1, -0.05) is 0 Å². The molecule has 0 saturated heterocycles. The van der Waals surface area contributed by atoms with Crippen molar-refractivity contribution in [2.24, 2.45) is 0 Å². The second kappa shape index (κ2) is 4.04. The molecule has 0 bridgehead atoms. The monoisotopic (exact) mass is 220 g/mol. The van der Waals surface area contributed by atoms with E-state index in [2.05, 4.69) is 14.3 Å². The Morgan fingerprint density at radius 2 is 1.79 bits per heavy atom. The Hall–Kier alpha value is -1.65. The van der Waals surface area contributed by atoms with Gasteiger partial charge in [-0.05, 0) is 0 Å². The number of nitrogens with zero attached hydrogens (tertiary/aromatic N) is 2. The lowest BCUT2D eigenvalue weighted by Gasteiger charge is -2.05. The lowest BCUT2D eigenvalue weighted by molar-refractivity contribution is 0.369. The maximum atomic E-state index is 10.1. The number of aromatic nitrogens is 2. The minimum atomic E-state index is -2.49. The molecule has 1 rings (SSSR count). The summed E-state index contributed by atoms with van der Waals surface area (Å²) in [6, 6.07) is 0. The van der Waals surface area contributed by atoms with Crippen LogP contribution in [0.2, 0.25) is 0 Å². The van der Waals surface area contributed by atoms with E-state index in [9.17, 15) is 4.21 Å². The lowest BCUT2D eigenvalue weighted by Crippen LogP contribution is -2.11. The molecule has 0 spiro atoms. The third-order valence-electron chi connectivity index (χ3n) is 1.21. The Bertz CT molecular complexity index is 347. The SMILES string of the molecule is Nc1nc(NOS(=O)O)nc(N)c1N. The van der Waals surface area contributed by atoms with Gasteiger partial charge in [-0.25, -0.2) is 5.48 Å². The molecule has 0 fully saturated rings. The summed E-state index contributed by atoms with van der Waals surface area (Å²) in [5, 5.41) is 0. The van der Waals surface area contributed by atoms with Crippen LogP contribution in [0, 0.1) is 0 Å². The molecule has 1 aromatic rings. The average Bonchev–Trinajstić information content (AvgIpc) is 2.10. The van der Waals surface area contributed by atoms with Crippen LogP contribution in [0.5, 0.6) is 0 Å². The summed E-state index contributed by atoms with van der Waals surface area (Å²) in [6.45, 7) is 0. The van der Waals surface area contributed by atoms with Gasteiger partial charge in [-0.3, -0.25) is 4.55 Å². The fourth-order valence-electron chi connectivity index (χ4n) is 0.623. The first-order valence-corrected chi connectivity index (χ1v) is 4.26. The Labute approximate surface area is 81.1 Å². The van der Waals surface area contributed by atoms with Gasteiger partial charge in [0, 0.05) is 0 Å². The van der Waals surface area contributed by atoms with E-state index >= 15 is 0 Å². The van der Waals surface area contributed by atoms with E-state index in [1.807, 2.05) is 5.48 Å². The minimum Gasteiger partial charge on any atom is -0.393 e. The number of hydrogen-bond donors (Lipinski definition) is 5. The van der Waals surface area contributed by atoms with Crippen LogP contribution in [-0.4, -0.2) is 18.7 Å². The van der Waals surface area contributed by atoms with Gasteiger partial charge in [0.2, 0.25) is 0 Å². The van der Waals surface area contributed by atoms with E-state index in [0.29, 0.717) is 0 Å². The first-order valence-electron chi connectivity index (χ1n) is 3.23. The van der Waals surface area contributed by atoms with Crippen LogP contribution in [0.25, 0.3) is 0 Å². The smallest absolute Gasteiger partial charge is 0.324 e. The van der Waals surface area contributed by atoms with Crippen molar-refractivity contribution in [1.82, 2.24) is 9.97 Å². The number of nitrogens with one attached hydrogen (secondary N) is 1. The maximum absolute atomic E-state index is 10.1. The van der Waals surface area contributed by atoms with Crippen LogP contribution in [0.3, 0.4) is 0 Å². The van der Waals surface area contributed by atoms with Gasteiger partial charge < -0.3 is 17.2 Å². The molecule has 0 aliphatic carbocycles. The highest BCUT2D eigenvalue weighted by Gasteiger charge is 2.06. The number of rotatable bonds is 3. The zero-order valence-electron chi connectivity index (χ0n) is 6.80. The number of anilines is 4. The molecule has 8 N–H and O–H groups in total. The van der Waals surface area contributed by atoms with Crippen molar-refractivity contribution in [3.63, 3.8) is 0 Å². The van der Waals surface area contributed by atoms with Gasteiger partial charge in [0.05, 0.1) is 0 Å². The summed E-state index contributed by atoms with van der Waals surface area (Å²) >= 11 is -2.49. The topological polar surface area (TPSA) is 162 Å². The normalized spacial score (nSPS) is 12.4. The van der Waals surface area contributed by atoms with Crippen LogP contribution in [0.4, 0.5) is 23.3 Å². The molecule has 0 saturated carbocycles. The maximum Gasteiger partial charge on any atom is 0.324 e. The van der Waals surface area contributed by atoms with Crippen molar-refractivity contribution in [3.05, 3.63) is 0 Å². The van der Waals surface area contributed by atoms with Gasteiger partial charge in [0.1, 0.15) is 5.69 Å². The quantitative estimate of drug-likeness (QED) is 0.307. The second-order valence-corrected chi connectivity index (χ2v) is 2.73. The molecule has 0 radical (unpaired) electrons. The largest absolute Gasteiger partial charge is 0.393 e. The summed E-state index contributed by atoms with van der Waals surface area (Å²) in [7, 11) is 0. The zero-order valence-corrected chi connectivity index (χ0v) is 7.61. The van der Waals surface area contributed by atoms with Gasteiger partial charge in [0.15, 0.2) is 11.6 Å². The molecule has 1 unspecified atom stereocenters. The predicted molar refractivity (Wildman–Crippen MR) is 50.7 cm³/mol. The molecule has 1 heterocycles. The molecule has 78 valence electrons. The van der Waals surface area contributed by atoms with Crippen molar-refractivity contribution in [2.45, 2.75) is 0 Å². The minimum absolute atomic E-state index is 0.0423. The third kappa shape index (κ3) is 2.42. The summed E-state index contributed by atoms with van der Waals surface area (Å²) in [5.74, 6) is -0.253. The van der Waals surface area contributed by atoms with Crippen molar-refractivity contribution in [1.29, 1.82) is 0 Å². The van der Waals surface area contributed by atoms with Gasteiger partial charge in [0.25, 0.3) is 5.95 Å². The Kier molecular flexibility index (Phi) is 3.01. The molecule has 14 heavy (non-hydrogen) atoms. The average molecular weight is 220 g/mol. The Morgan fingerprint density at radius 1 is 1.29 bits per heavy atom. The van der Waals surface area contributed by atoms with Gasteiger partial charge in [-0.15, -0.1) is 4.28 Å². The summed E-state index contributed by atoms with van der Waals surface area (Å²) in [5.41, 5.74) is 18.0. The second-order valence-electron chi connectivity index (χ2n) is 2.13. The van der Waals surface area contributed by atoms with E-state index in [4.69, 9.17) is 21.8 Å². The van der Waals surface area contributed by atoms with Crippen LogP contribution >= 0.6 is 0 Å². The standard InChI is InChI=1S/C4H8N6O3S/c5-1-2(6)8-4(9-3(1)7)10-13-14(11)12/h5H2,(H,11,12)(H5,6,7,8,9,10). The highest BCUT2D eigenvalue weighted by Crippen LogP contribution is 2.19. The lowest BCUT2D eigenvalue weighted by atomic mass is 10.4. The molecule has 0 aliphatic rings. The van der Waals surface area contributed by atoms with E-state index in [-0.39, 0.29) is 23.3 Å². The predicted octanol–water partition coefficient (Wildman–Crippen LogP) is -1.30. The van der Waals surface area contributed by atoms with Crippen molar-refractivity contribution < 1.29 is 13.0 Å². The summed E-state index contributed by atoms with van der Waals surface area (Å²) < 4.78 is 22.4. The highest BCUT2D eigenvalue weighted by molar-refractivity contribution is 7.74. The number of nitrogen functional groups attached to an aromatic ring is 3. The molecule has 1 atom stereocenters. The van der Waals surface area contributed by atoms with Crippen LogP contribution < -0.4 is 22.7 Å². The van der Waals surface area contributed by atoms with Crippen LogP contribution in [0.15, 0.2) is 0 Å². The molecule has 0 aliphatic heterocycles. The first kappa shape index (κ1) is 10.4. The summed E-state index contributed by atoms with van der Waals surface area (Å²) in [4.78, 5) is 7.17. The first-order chi connectivity index (χ1) is 6.50. The van der Waals surface area contributed by atoms with E-state index < -0.39 is 11.4 Å². The van der Waals surface area contributed by atoms with Crippen molar-refractivity contribution in [2.75, 3.05) is 22.7 Å². The van der Waals surface area contributed by atoms with E-state index in [0.717, 1.165) is 0 Å². The van der Waals surface area contributed by atoms with Gasteiger partial charge >= 0.3 is 11.4 Å². The zero-order chi connectivity index (χ0) is 10.7. The molecule has 0 aromatic carbocycles. The van der Waals surface area contributed by atoms with Crippen LogP contribution in [0.1, 0.15) is 0 Å². The van der Waals surface area contributed by atoms with Crippen molar-refractivity contribution in [3.8, 4) is 0 Å². The van der Waals surface area contributed by atoms with Crippen LogP contribution in [-0.2, 0) is 15.6 Å². The Morgan fingerprint density at radius 3 is 2.21 bits per heavy atom. The molecular weight excluding hydrogens is 212 g/mol. The number of hydrogen-bond acceptors (Lipinski definition) is 8.